The van der Waals surface area contributed by atoms with Gasteiger partial charge in [0.15, 0.2) is 0 Å². The fourth-order valence-corrected chi connectivity index (χ4v) is 2.90. The van der Waals surface area contributed by atoms with E-state index in [9.17, 15) is 4.79 Å². The van der Waals surface area contributed by atoms with Gasteiger partial charge in [-0.3, -0.25) is 5.32 Å². The molecule has 0 radical (unpaired) electrons. The number of nitrogens with one attached hydrogen (secondary N) is 1. The van der Waals surface area contributed by atoms with Crippen LogP contribution in [0, 0.1) is 0 Å². The number of anilines is 1. The Kier molecular flexibility index (Phi) is 4.32. The van der Waals surface area contributed by atoms with Crippen LogP contribution in [0.5, 0.6) is 0 Å². The summed E-state index contributed by atoms with van der Waals surface area (Å²) in [5, 5.41) is 3.77. The van der Waals surface area contributed by atoms with E-state index in [4.69, 9.17) is 4.74 Å². The lowest BCUT2D eigenvalue weighted by molar-refractivity contribution is 0.0623. The molecule has 3 rings (SSSR count). The smallest absolute Gasteiger partial charge is 0.413 e. The van der Waals surface area contributed by atoms with E-state index >= 15 is 0 Å². The van der Waals surface area contributed by atoms with Gasteiger partial charge in [-0.1, -0.05) is 32.9 Å². The molecule has 1 fully saturated rings. The third kappa shape index (κ3) is 3.66. The standard InChI is InChI=1S/C18H21BrN2O2/c1-18(2,3)12-8-7-11-9-14(19)16(20-15(11)10-12)21-17(22)23-13-5-4-6-13/h7-10,13H,4-6H2,1-3H3,(H,20,21,22). The maximum absolute atomic E-state index is 11.9. The molecule has 1 aliphatic rings. The Hall–Kier alpha value is -1.62. The van der Waals surface area contributed by atoms with Crippen molar-refractivity contribution in [2.24, 2.45) is 0 Å². The lowest BCUT2D eigenvalue weighted by Crippen LogP contribution is -2.28. The first-order valence-corrected chi connectivity index (χ1v) is 8.71. The highest BCUT2D eigenvalue weighted by molar-refractivity contribution is 9.10. The van der Waals surface area contributed by atoms with Gasteiger partial charge in [0.1, 0.15) is 11.9 Å². The highest BCUT2D eigenvalue weighted by atomic mass is 79.9. The van der Waals surface area contributed by atoms with Crippen LogP contribution in [0.25, 0.3) is 10.9 Å². The lowest BCUT2D eigenvalue weighted by atomic mass is 9.86. The van der Waals surface area contributed by atoms with Crippen molar-refractivity contribution in [3.63, 3.8) is 0 Å². The van der Waals surface area contributed by atoms with Crippen molar-refractivity contribution in [1.29, 1.82) is 0 Å². The van der Waals surface area contributed by atoms with Crippen molar-refractivity contribution in [2.75, 3.05) is 5.32 Å². The van der Waals surface area contributed by atoms with Crippen molar-refractivity contribution < 1.29 is 9.53 Å². The van der Waals surface area contributed by atoms with E-state index < -0.39 is 6.09 Å². The van der Waals surface area contributed by atoms with Crippen molar-refractivity contribution in [3.05, 3.63) is 34.3 Å². The summed E-state index contributed by atoms with van der Waals surface area (Å²) in [6.07, 6.45) is 2.66. The van der Waals surface area contributed by atoms with Gasteiger partial charge in [0.05, 0.1) is 9.99 Å². The summed E-state index contributed by atoms with van der Waals surface area (Å²) in [5.74, 6) is 0.493. The molecule has 0 unspecified atom stereocenters. The van der Waals surface area contributed by atoms with Crippen molar-refractivity contribution in [3.8, 4) is 0 Å². The van der Waals surface area contributed by atoms with Crippen LogP contribution >= 0.6 is 15.9 Å². The third-order valence-corrected chi connectivity index (χ3v) is 4.79. The highest BCUT2D eigenvalue weighted by Crippen LogP contribution is 2.30. The predicted octanol–water partition coefficient (Wildman–Crippen LogP) is 5.40. The summed E-state index contributed by atoms with van der Waals surface area (Å²) in [5.41, 5.74) is 2.13. The van der Waals surface area contributed by atoms with E-state index in [1.165, 1.54) is 5.56 Å². The van der Waals surface area contributed by atoms with E-state index in [1.807, 2.05) is 6.07 Å². The number of carbonyl (C=O) groups is 1. The number of rotatable bonds is 2. The number of halogens is 1. The van der Waals surface area contributed by atoms with E-state index in [-0.39, 0.29) is 11.5 Å². The van der Waals surface area contributed by atoms with Crippen molar-refractivity contribution in [1.82, 2.24) is 4.98 Å². The van der Waals surface area contributed by atoms with Crippen molar-refractivity contribution >= 4 is 38.7 Å². The van der Waals surface area contributed by atoms with Gasteiger partial charge in [-0.15, -0.1) is 0 Å². The molecule has 1 aliphatic carbocycles. The topological polar surface area (TPSA) is 51.2 Å². The lowest BCUT2D eigenvalue weighted by Gasteiger charge is -2.25. The summed E-state index contributed by atoms with van der Waals surface area (Å²) >= 11 is 3.47. The van der Waals surface area contributed by atoms with Gasteiger partial charge in [-0.05, 0) is 58.3 Å². The number of fused-ring (bicyclic) bond motifs is 1. The van der Waals surface area contributed by atoms with Crippen LogP contribution in [0.4, 0.5) is 10.6 Å². The average molecular weight is 377 g/mol. The molecule has 2 aromatic rings. The zero-order valence-electron chi connectivity index (χ0n) is 13.6. The average Bonchev–Trinajstić information content (AvgIpc) is 2.42. The second kappa shape index (κ2) is 6.11. The van der Waals surface area contributed by atoms with Gasteiger partial charge in [-0.2, -0.15) is 0 Å². The van der Waals surface area contributed by atoms with Gasteiger partial charge in [0.25, 0.3) is 0 Å². The van der Waals surface area contributed by atoms with Gasteiger partial charge in [0.2, 0.25) is 0 Å². The first-order valence-electron chi connectivity index (χ1n) is 7.91. The van der Waals surface area contributed by atoms with Gasteiger partial charge < -0.3 is 4.74 Å². The largest absolute Gasteiger partial charge is 0.446 e. The van der Waals surface area contributed by atoms with Crippen LogP contribution < -0.4 is 5.32 Å². The minimum absolute atomic E-state index is 0.0552. The minimum Gasteiger partial charge on any atom is -0.446 e. The number of benzene rings is 1. The number of pyridine rings is 1. The highest BCUT2D eigenvalue weighted by Gasteiger charge is 2.22. The fourth-order valence-electron chi connectivity index (χ4n) is 2.46. The summed E-state index contributed by atoms with van der Waals surface area (Å²) in [7, 11) is 0. The first kappa shape index (κ1) is 16.2. The Labute approximate surface area is 144 Å². The molecule has 1 aromatic carbocycles. The van der Waals surface area contributed by atoms with E-state index in [0.717, 1.165) is 34.6 Å². The van der Waals surface area contributed by atoms with Crippen LogP contribution in [-0.2, 0) is 10.2 Å². The Balaban J connectivity index is 1.87. The second-order valence-electron chi connectivity index (χ2n) is 7.06. The zero-order chi connectivity index (χ0) is 16.6. The maximum Gasteiger partial charge on any atom is 0.413 e. The Morgan fingerprint density at radius 2 is 2.04 bits per heavy atom. The van der Waals surface area contributed by atoms with Crippen LogP contribution in [0.1, 0.15) is 45.6 Å². The molecule has 0 saturated heterocycles. The predicted molar refractivity (Wildman–Crippen MR) is 95.9 cm³/mol. The number of ether oxygens (including phenoxy) is 1. The molecule has 0 bridgehead atoms. The molecule has 1 aromatic heterocycles. The molecule has 0 aliphatic heterocycles. The van der Waals surface area contributed by atoms with Gasteiger partial charge in [0, 0.05) is 5.39 Å². The van der Waals surface area contributed by atoms with Crippen molar-refractivity contribution in [2.45, 2.75) is 51.6 Å². The van der Waals surface area contributed by atoms with E-state index in [1.54, 1.807) is 0 Å². The monoisotopic (exact) mass is 376 g/mol. The maximum atomic E-state index is 11.9. The molecule has 0 spiro atoms. The normalized spacial score (nSPS) is 15.3. The van der Waals surface area contributed by atoms with Crippen LogP contribution in [0.15, 0.2) is 28.7 Å². The Bertz CT molecular complexity index is 749. The zero-order valence-corrected chi connectivity index (χ0v) is 15.2. The third-order valence-electron chi connectivity index (χ3n) is 4.18. The molecule has 0 atom stereocenters. The number of aromatic nitrogens is 1. The molecule has 1 heterocycles. The molecular formula is C18H21BrN2O2. The molecule has 4 nitrogen and oxygen atoms in total. The Morgan fingerprint density at radius 1 is 1.30 bits per heavy atom. The molecular weight excluding hydrogens is 356 g/mol. The van der Waals surface area contributed by atoms with E-state index in [2.05, 4.69) is 65.2 Å². The summed E-state index contributed by atoms with van der Waals surface area (Å²) in [6.45, 7) is 6.51. The summed E-state index contributed by atoms with van der Waals surface area (Å²) in [4.78, 5) is 16.5. The summed E-state index contributed by atoms with van der Waals surface area (Å²) in [6, 6.07) is 8.22. The molecule has 1 N–H and O–H groups in total. The number of hydrogen-bond donors (Lipinski definition) is 1. The number of carbonyl (C=O) groups excluding carboxylic acids is 1. The van der Waals surface area contributed by atoms with Crippen LogP contribution in [-0.4, -0.2) is 17.2 Å². The van der Waals surface area contributed by atoms with Gasteiger partial charge in [-0.25, -0.2) is 9.78 Å². The molecule has 5 heteroatoms. The number of amides is 1. The second-order valence-corrected chi connectivity index (χ2v) is 7.91. The molecule has 122 valence electrons. The molecule has 1 saturated carbocycles. The molecule has 23 heavy (non-hydrogen) atoms. The van der Waals surface area contributed by atoms with E-state index in [0.29, 0.717) is 5.82 Å². The minimum atomic E-state index is -0.436. The summed E-state index contributed by atoms with van der Waals surface area (Å²) < 4.78 is 6.07. The number of hydrogen-bond acceptors (Lipinski definition) is 3. The fraction of sp³-hybridized carbons (Fsp3) is 0.444. The van der Waals surface area contributed by atoms with Gasteiger partial charge >= 0.3 is 6.09 Å². The Morgan fingerprint density at radius 3 is 2.65 bits per heavy atom. The quantitative estimate of drug-likeness (QED) is 0.763. The number of nitrogens with zero attached hydrogens (tertiary/aromatic N) is 1. The van der Waals surface area contributed by atoms with Crippen LogP contribution in [0.2, 0.25) is 0 Å². The molecule has 1 amide bonds. The SMILES string of the molecule is CC(C)(C)c1ccc2cc(Br)c(NC(=O)OC3CCC3)nc2c1. The first-order chi connectivity index (χ1) is 10.8. The van der Waals surface area contributed by atoms with Crippen LogP contribution in [0.3, 0.4) is 0 Å².